The number of nitrogens with two attached hydrogens (primary N) is 1. The average molecular weight is 247 g/mol. The highest BCUT2D eigenvalue weighted by atomic mass is 16.5. The first-order chi connectivity index (χ1) is 8.70. The van der Waals surface area contributed by atoms with Gasteiger partial charge in [0.2, 0.25) is 0 Å². The molecule has 1 aromatic carbocycles. The number of aromatic nitrogens is 3. The SMILES string of the molecule is Cn1ncnc1COc1ccc(C(N)=NO)cc1. The van der Waals surface area contributed by atoms with Gasteiger partial charge in [0.25, 0.3) is 0 Å². The van der Waals surface area contributed by atoms with Crippen LogP contribution < -0.4 is 10.5 Å². The predicted octanol–water partition coefficient (Wildman–Crippen LogP) is 0.489. The van der Waals surface area contributed by atoms with E-state index >= 15 is 0 Å². The third kappa shape index (κ3) is 2.57. The maximum atomic E-state index is 8.53. The van der Waals surface area contributed by atoms with Crippen molar-refractivity contribution in [2.45, 2.75) is 6.61 Å². The molecule has 0 amide bonds. The van der Waals surface area contributed by atoms with Gasteiger partial charge in [0.15, 0.2) is 11.7 Å². The molecule has 2 aromatic rings. The van der Waals surface area contributed by atoms with E-state index < -0.39 is 0 Å². The second-order valence-electron chi connectivity index (χ2n) is 3.60. The van der Waals surface area contributed by atoms with Crippen LogP contribution in [0.15, 0.2) is 35.7 Å². The van der Waals surface area contributed by atoms with Gasteiger partial charge in [0.05, 0.1) is 0 Å². The molecule has 0 aliphatic heterocycles. The standard InChI is InChI=1S/C11H13N5O2/c1-16-10(13-7-14-16)6-18-9-4-2-8(3-5-9)11(12)15-17/h2-5,7,17H,6H2,1H3,(H2,12,15). The molecule has 0 unspecified atom stereocenters. The Bertz CT molecular complexity index is 547. The highest BCUT2D eigenvalue weighted by Crippen LogP contribution is 2.13. The van der Waals surface area contributed by atoms with Crippen molar-refractivity contribution in [2.24, 2.45) is 17.9 Å². The first kappa shape index (κ1) is 11.9. The van der Waals surface area contributed by atoms with Crippen LogP contribution in [0.4, 0.5) is 0 Å². The minimum atomic E-state index is 0.0647. The number of nitrogens with zero attached hydrogens (tertiary/aromatic N) is 4. The zero-order valence-corrected chi connectivity index (χ0v) is 9.82. The quantitative estimate of drug-likeness (QED) is 0.354. The summed E-state index contributed by atoms with van der Waals surface area (Å²) in [7, 11) is 1.80. The van der Waals surface area contributed by atoms with Crippen LogP contribution in [-0.2, 0) is 13.7 Å². The van der Waals surface area contributed by atoms with Gasteiger partial charge in [-0.15, -0.1) is 0 Å². The summed E-state index contributed by atoms with van der Waals surface area (Å²) in [6.45, 7) is 0.333. The summed E-state index contributed by atoms with van der Waals surface area (Å²) >= 11 is 0. The van der Waals surface area contributed by atoms with Gasteiger partial charge >= 0.3 is 0 Å². The zero-order chi connectivity index (χ0) is 13.0. The first-order valence-corrected chi connectivity index (χ1v) is 5.24. The molecule has 3 N–H and O–H groups in total. The summed E-state index contributed by atoms with van der Waals surface area (Å²) in [4.78, 5) is 4.04. The van der Waals surface area contributed by atoms with Gasteiger partial charge in [-0.25, -0.2) is 4.98 Å². The van der Waals surface area contributed by atoms with Crippen LogP contribution in [0.25, 0.3) is 0 Å². The summed E-state index contributed by atoms with van der Waals surface area (Å²) in [5, 5.41) is 15.4. The first-order valence-electron chi connectivity index (χ1n) is 5.24. The highest BCUT2D eigenvalue weighted by molar-refractivity contribution is 5.97. The smallest absolute Gasteiger partial charge is 0.170 e. The largest absolute Gasteiger partial charge is 0.486 e. The fraction of sp³-hybridized carbons (Fsp3) is 0.182. The molecule has 0 bridgehead atoms. The normalized spacial score (nSPS) is 11.5. The topological polar surface area (TPSA) is 98.5 Å². The van der Waals surface area contributed by atoms with Crippen molar-refractivity contribution in [3.05, 3.63) is 42.0 Å². The van der Waals surface area contributed by atoms with Gasteiger partial charge in [-0.05, 0) is 24.3 Å². The van der Waals surface area contributed by atoms with Crippen LogP contribution in [0.3, 0.4) is 0 Å². The molecule has 0 radical (unpaired) electrons. The lowest BCUT2D eigenvalue weighted by Gasteiger charge is -2.06. The number of hydrogen-bond acceptors (Lipinski definition) is 5. The van der Waals surface area contributed by atoms with Gasteiger partial charge < -0.3 is 15.7 Å². The molecule has 0 spiro atoms. The minimum absolute atomic E-state index is 0.0647. The molecule has 0 fully saturated rings. The van der Waals surface area contributed by atoms with Crippen LogP contribution in [0.5, 0.6) is 5.75 Å². The van der Waals surface area contributed by atoms with Crippen molar-refractivity contribution in [3.8, 4) is 5.75 Å². The van der Waals surface area contributed by atoms with E-state index in [1.165, 1.54) is 6.33 Å². The molecule has 18 heavy (non-hydrogen) atoms. The molecule has 0 aliphatic rings. The Morgan fingerprint density at radius 3 is 2.72 bits per heavy atom. The second-order valence-corrected chi connectivity index (χ2v) is 3.60. The van der Waals surface area contributed by atoms with Crippen molar-refractivity contribution in [3.63, 3.8) is 0 Å². The van der Waals surface area contributed by atoms with Gasteiger partial charge in [-0.2, -0.15) is 5.10 Å². The van der Waals surface area contributed by atoms with E-state index in [4.69, 9.17) is 15.7 Å². The lowest BCUT2D eigenvalue weighted by molar-refractivity contribution is 0.289. The Kier molecular flexibility index (Phi) is 3.42. The predicted molar refractivity (Wildman–Crippen MR) is 64.3 cm³/mol. The third-order valence-electron chi connectivity index (χ3n) is 2.43. The third-order valence-corrected chi connectivity index (χ3v) is 2.43. The fourth-order valence-corrected chi connectivity index (χ4v) is 1.38. The Morgan fingerprint density at radius 2 is 2.17 bits per heavy atom. The van der Waals surface area contributed by atoms with E-state index in [0.29, 0.717) is 17.9 Å². The maximum absolute atomic E-state index is 8.53. The number of rotatable bonds is 4. The van der Waals surface area contributed by atoms with Crippen molar-refractivity contribution in [2.75, 3.05) is 0 Å². The molecule has 94 valence electrons. The number of aryl methyl sites for hydroxylation is 1. The van der Waals surface area contributed by atoms with Crippen molar-refractivity contribution in [1.29, 1.82) is 0 Å². The average Bonchev–Trinajstić information content (AvgIpc) is 2.81. The Morgan fingerprint density at radius 1 is 1.44 bits per heavy atom. The summed E-state index contributed by atoms with van der Waals surface area (Å²) in [5.41, 5.74) is 6.08. The number of benzene rings is 1. The van der Waals surface area contributed by atoms with Gasteiger partial charge in [-0.3, -0.25) is 4.68 Å². The number of ether oxygens (including phenoxy) is 1. The van der Waals surface area contributed by atoms with E-state index in [-0.39, 0.29) is 5.84 Å². The second kappa shape index (κ2) is 5.17. The highest BCUT2D eigenvalue weighted by Gasteiger charge is 2.03. The van der Waals surface area contributed by atoms with Crippen molar-refractivity contribution >= 4 is 5.84 Å². The molecule has 1 aromatic heterocycles. The lowest BCUT2D eigenvalue weighted by atomic mass is 10.2. The van der Waals surface area contributed by atoms with E-state index in [9.17, 15) is 0 Å². The van der Waals surface area contributed by atoms with Crippen LogP contribution in [0.2, 0.25) is 0 Å². The Balaban J connectivity index is 2.01. The molecule has 0 aliphatic carbocycles. The number of amidine groups is 1. The van der Waals surface area contributed by atoms with E-state index in [0.717, 1.165) is 5.82 Å². The number of oxime groups is 1. The summed E-state index contributed by atoms with van der Waals surface area (Å²) in [6, 6.07) is 6.90. The van der Waals surface area contributed by atoms with Crippen molar-refractivity contribution in [1.82, 2.24) is 14.8 Å². The minimum Gasteiger partial charge on any atom is -0.486 e. The molecule has 0 atom stereocenters. The van der Waals surface area contributed by atoms with E-state index in [1.807, 2.05) is 0 Å². The van der Waals surface area contributed by atoms with E-state index in [1.54, 1.807) is 36.0 Å². The molecule has 2 rings (SSSR count). The van der Waals surface area contributed by atoms with Crippen LogP contribution in [0.1, 0.15) is 11.4 Å². The summed E-state index contributed by atoms with van der Waals surface area (Å²) < 4.78 is 7.18. The van der Waals surface area contributed by atoms with Crippen molar-refractivity contribution < 1.29 is 9.94 Å². The molecule has 7 heteroatoms. The Labute approximate surface area is 104 Å². The van der Waals surface area contributed by atoms with Crippen LogP contribution >= 0.6 is 0 Å². The monoisotopic (exact) mass is 247 g/mol. The molecular weight excluding hydrogens is 234 g/mol. The number of hydrogen-bond donors (Lipinski definition) is 2. The van der Waals surface area contributed by atoms with Crippen LogP contribution in [-0.4, -0.2) is 25.8 Å². The van der Waals surface area contributed by atoms with Crippen LogP contribution in [0, 0.1) is 0 Å². The van der Waals surface area contributed by atoms with Gasteiger partial charge in [0.1, 0.15) is 18.7 Å². The zero-order valence-electron chi connectivity index (χ0n) is 9.82. The fourth-order valence-electron chi connectivity index (χ4n) is 1.38. The summed E-state index contributed by atoms with van der Waals surface area (Å²) in [5.74, 6) is 1.47. The van der Waals surface area contributed by atoms with Gasteiger partial charge in [0, 0.05) is 12.6 Å². The van der Waals surface area contributed by atoms with E-state index in [2.05, 4.69) is 15.2 Å². The van der Waals surface area contributed by atoms with Gasteiger partial charge in [-0.1, -0.05) is 5.16 Å². The molecular formula is C11H13N5O2. The molecule has 0 saturated carbocycles. The maximum Gasteiger partial charge on any atom is 0.170 e. The lowest BCUT2D eigenvalue weighted by Crippen LogP contribution is -2.12. The molecule has 0 saturated heterocycles. The summed E-state index contributed by atoms with van der Waals surface area (Å²) in [6.07, 6.45) is 1.47. The molecule has 7 nitrogen and oxygen atoms in total. The Hall–Kier alpha value is -2.57. The molecule has 1 heterocycles.